The molecule has 0 heterocycles. The topological polar surface area (TPSA) is 110 Å². The molecular weight excluding hydrogens is 336 g/mol. The first-order valence-electron chi connectivity index (χ1n) is 9.63. The lowest BCUT2D eigenvalue weighted by atomic mass is 10.1. The molecule has 0 radical (unpaired) electrons. The molecule has 7 nitrogen and oxygen atoms in total. The Hall–Kier alpha value is -1.44. The van der Waals surface area contributed by atoms with Gasteiger partial charge in [-0.1, -0.05) is 44.6 Å². The Bertz CT molecular complexity index is 390. The maximum atomic E-state index is 11.8. The van der Waals surface area contributed by atoms with E-state index in [2.05, 4.69) is 11.9 Å². The summed E-state index contributed by atoms with van der Waals surface area (Å²) in [6, 6.07) is 0. The highest BCUT2D eigenvalue weighted by atomic mass is 16.4. The number of hydrogen-bond acceptors (Lipinski definition) is 5. The summed E-state index contributed by atoms with van der Waals surface area (Å²) in [4.78, 5) is 23.7. The van der Waals surface area contributed by atoms with Crippen LogP contribution in [0.5, 0.6) is 0 Å². The predicted molar refractivity (Wildman–Crippen MR) is 102 cm³/mol. The molecule has 0 aromatic carbocycles. The van der Waals surface area contributed by atoms with E-state index in [4.69, 9.17) is 10.2 Å². The van der Waals surface area contributed by atoms with Gasteiger partial charge in [0.05, 0.1) is 13.2 Å². The molecule has 152 valence electrons. The van der Waals surface area contributed by atoms with Gasteiger partial charge in [-0.3, -0.25) is 14.5 Å². The first kappa shape index (κ1) is 24.6. The Kier molecular flexibility index (Phi) is 16.1. The van der Waals surface area contributed by atoms with Crippen LogP contribution in [0.4, 0.5) is 0 Å². The molecule has 7 heteroatoms. The largest absolute Gasteiger partial charge is 0.480 e. The molecule has 0 fully saturated rings. The van der Waals surface area contributed by atoms with Crippen LogP contribution in [0, 0.1) is 0 Å². The minimum absolute atomic E-state index is 0.0665. The van der Waals surface area contributed by atoms with Gasteiger partial charge in [0.25, 0.3) is 0 Å². The van der Waals surface area contributed by atoms with Crippen LogP contribution in [0.1, 0.15) is 64.2 Å². The van der Waals surface area contributed by atoms with Gasteiger partial charge in [-0.2, -0.15) is 0 Å². The van der Waals surface area contributed by atoms with E-state index >= 15 is 0 Å². The van der Waals surface area contributed by atoms with E-state index in [1.54, 1.807) is 0 Å². The lowest BCUT2D eigenvalue weighted by molar-refractivity contribution is -0.142. The van der Waals surface area contributed by atoms with Crippen molar-refractivity contribution in [2.24, 2.45) is 0 Å². The number of carboxylic acid groups (broad SMARTS) is 1. The normalized spacial score (nSPS) is 12.1. The summed E-state index contributed by atoms with van der Waals surface area (Å²) in [7, 11) is 0. The number of aliphatic hydroxyl groups is 2. The van der Waals surface area contributed by atoms with E-state index in [1.807, 2.05) is 6.08 Å². The van der Waals surface area contributed by atoms with Crippen molar-refractivity contribution in [2.45, 2.75) is 70.4 Å². The van der Waals surface area contributed by atoms with E-state index in [0.717, 1.165) is 25.7 Å². The van der Waals surface area contributed by atoms with Gasteiger partial charge >= 0.3 is 5.97 Å². The quantitative estimate of drug-likeness (QED) is 0.166. The van der Waals surface area contributed by atoms with Crippen LogP contribution in [0.2, 0.25) is 0 Å². The third kappa shape index (κ3) is 14.9. The average Bonchev–Trinajstić information content (AvgIpc) is 2.61. The summed E-state index contributed by atoms with van der Waals surface area (Å²) in [5.74, 6) is -1.16. The molecule has 0 bridgehead atoms. The van der Waals surface area contributed by atoms with E-state index in [1.165, 1.54) is 37.0 Å². The molecule has 0 saturated carbocycles. The third-order valence-corrected chi connectivity index (χ3v) is 4.21. The number of carboxylic acids is 1. The van der Waals surface area contributed by atoms with Crippen molar-refractivity contribution in [2.75, 3.05) is 26.2 Å². The summed E-state index contributed by atoms with van der Waals surface area (Å²) in [5, 5.41) is 29.9. The lowest BCUT2D eigenvalue weighted by Gasteiger charge is -2.24. The van der Waals surface area contributed by atoms with Gasteiger partial charge in [0, 0.05) is 19.5 Å². The highest BCUT2D eigenvalue weighted by Crippen LogP contribution is 2.10. The van der Waals surface area contributed by atoms with E-state index < -0.39 is 18.8 Å². The Morgan fingerprint density at radius 3 is 2.15 bits per heavy atom. The fraction of sp³-hybridized carbons (Fsp3) is 0.789. The van der Waals surface area contributed by atoms with Crippen molar-refractivity contribution in [3.63, 3.8) is 0 Å². The van der Waals surface area contributed by atoms with Crippen LogP contribution in [0.15, 0.2) is 12.7 Å². The van der Waals surface area contributed by atoms with Crippen LogP contribution in [-0.4, -0.2) is 64.6 Å². The Morgan fingerprint density at radius 2 is 1.62 bits per heavy atom. The first-order valence-corrected chi connectivity index (χ1v) is 9.63. The standard InChI is InChI=1S/C19H36N2O5/c1-2-3-4-5-6-7-8-9-10-11-12-17(23)20-13-14-21(15-19(25)26)18(24)16-22/h2,18,22,24H,1,3-16H2,(H,20,23)(H,25,26). The second-order valence-electron chi connectivity index (χ2n) is 6.53. The van der Waals surface area contributed by atoms with Crippen molar-refractivity contribution < 1.29 is 24.9 Å². The predicted octanol–water partition coefficient (Wildman–Crippen LogP) is 1.89. The highest BCUT2D eigenvalue weighted by Gasteiger charge is 2.17. The molecule has 0 rings (SSSR count). The van der Waals surface area contributed by atoms with E-state index in [9.17, 15) is 14.7 Å². The molecule has 26 heavy (non-hydrogen) atoms. The third-order valence-electron chi connectivity index (χ3n) is 4.21. The van der Waals surface area contributed by atoms with Gasteiger partial charge in [-0.25, -0.2) is 0 Å². The number of nitrogens with one attached hydrogen (secondary N) is 1. The number of allylic oxidation sites excluding steroid dienone is 1. The fourth-order valence-corrected chi connectivity index (χ4v) is 2.68. The second kappa shape index (κ2) is 17.0. The van der Waals surface area contributed by atoms with Crippen LogP contribution in [-0.2, 0) is 9.59 Å². The van der Waals surface area contributed by atoms with Crippen LogP contribution < -0.4 is 5.32 Å². The van der Waals surface area contributed by atoms with Gasteiger partial charge in [-0.05, 0) is 19.3 Å². The zero-order valence-electron chi connectivity index (χ0n) is 15.9. The summed E-state index contributed by atoms with van der Waals surface area (Å²) in [6.45, 7) is 3.20. The smallest absolute Gasteiger partial charge is 0.317 e. The second-order valence-corrected chi connectivity index (χ2v) is 6.53. The zero-order valence-corrected chi connectivity index (χ0v) is 15.9. The summed E-state index contributed by atoms with van der Waals surface area (Å²) in [5.41, 5.74) is 0. The fourth-order valence-electron chi connectivity index (χ4n) is 2.68. The molecule has 4 N–H and O–H groups in total. The molecule has 0 aromatic heterocycles. The maximum Gasteiger partial charge on any atom is 0.317 e. The number of unbranched alkanes of at least 4 members (excludes halogenated alkanes) is 8. The molecule has 0 spiro atoms. The van der Waals surface area contributed by atoms with Crippen LogP contribution in [0.25, 0.3) is 0 Å². The Labute approximate surface area is 157 Å². The van der Waals surface area contributed by atoms with Crippen molar-refractivity contribution in [3.8, 4) is 0 Å². The van der Waals surface area contributed by atoms with Crippen LogP contribution >= 0.6 is 0 Å². The van der Waals surface area contributed by atoms with Gasteiger partial charge in [0.15, 0.2) is 0 Å². The number of amides is 1. The number of rotatable bonds is 18. The number of aliphatic carboxylic acids is 1. The van der Waals surface area contributed by atoms with Crippen LogP contribution in [0.3, 0.4) is 0 Å². The average molecular weight is 373 g/mol. The van der Waals surface area contributed by atoms with Crippen molar-refractivity contribution >= 4 is 11.9 Å². The molecule has 1 atom stereocenters. The highest BCUT2D eigenvalue weighted by molar-refractivity contribution is 5.75. The van der Waals surface area contributed by atoms with E-state index in [0.29, 0.717) is 6.42 Å². The lowest BCUT2D eigenvalue weighted by Crippen LogP contribution is -2.45. The minimum Gasteiger partial charge on any atom is -0.480 e. The van der Waals surface area contributed by atoms with Gasteiger partial charge in [-0.15, -0.1) is 6.58 Å². The molecule has 0 aliphatic rings. The molecule has 1 amide bonds. The maximum absolute atomic E-state index is 11.8. The zero-order chi connectivity index (χ0) is 19.6. The molecule has 0 aliphatic heterocycles. The number of carbonyl (C=O) groups excluding carboxylic acids is 1. The van der Waals surface area contributed by atoms with Crippen molar-refractivity contribution in [3.05, 3.63) is 12.7 Å². The summed E-state index contributed by atoms with van der Waals surface area (Å²) in [6.07, 6.45) is 11.5. The number of aliphatic hydroxyl groups excluding tert-OH is 2. The summed E-state index contributed by atoms with van der Waals surface area (Å²) >= 11 is 0. The molecule has 0 aromatic rings. The molecule has 1 unspecified atom stereocenters. The molecule has 0 aliphatic carbocycles. The Morgan fingerprint density at radius 1 is 1.04 bits per heavy atom. The molecular formula is C19H36N2O5. The SMILES string of the molecule is C=CCCCCCCCCCCC(=O)NCCN(CC(=O)O)C(O)CO. The minimum atomic E-state index is -1.24. The first-order chi connectivity index (χ1) is 12.5. The van der Waals surface area contributed by atoms with Gasteiger partial charge in [0.2, 0.25) is 5.91 Å². The number of hydrogen-bond donors (Lipinski definition) is 4. The van der Waals surface area contributed by atoms with Gasteiger partial charge in [0.1, 0.15) is 6.23 Å². The van der Waals surface area contributed by atoms with Gasteiger partial charge < -0.3 is 20.6 Å². The Balaban J connectivity index is 3.61. The summed E-state index contributed by atoms with van der Waals surface area (Å²) < 4.78 is 0. The molecule has 0 saturated heterocycles. The van der Waals surface area contributed by atoms with Crippen molar-refractivity contribution in [1.82, 2.24) is 10.2 Å². The monoisotopic (exact) mass is 372 g/mol. The van der Waals surface area contributed by atoms with Crippen molar-refractivity contribution in [1.29, 1.82) is 0 Å². The van der Waals surface area contributed by atoms with E-state index in [-0.39, 0.29) is 25.5 Å². The number of nitrogens with zero attached hydrogens (tertiary/aromatic N) is 1. The number of carbonyl (C=O) groups is 2.